The van der Waals surface area contributed by atoms with Crippen molar-refractivity contribution in [1.29, 1.82) is 0 Å². The van der Waals surface area contributed by atoms with E-state index in [0.29, 0.717) is 5.41 Å². The molecule has 2 aliphatic rings. The summed E-state index contributed by atoms with van der Waals surface area (Å²) in [5, 5.41) is 0.841. The normalized spacial score (nSPS) is 21.0. The first-order valence-corrected chi connectivity index (χ1v) is 6.07. The number of nitrogens with zero attached hydrogens (tertiary/aromatic N) is 1. The van der Waals surface area contributed by atoms with Gasteiger partial charge in [0.2, 0.25) is 0 Å². The van der Waals surface area contributed by atoms with Gasteiger partial charge >= 0.3 is 0 Å². The Bertz CT molecular complexity index is 495. The standard InChI is InChI=1S/C14H14ClN/c1-14(3-4-14)12-6-11(7-13(15)8-12)10-2-5-16-9-10/h5-9H,2-4H2,1H3. The molecular weight excluding hydrogens is 218 g/mol. The van der Waals surface area contributed by atoms with Crippen LogP contribution in [-0.4, -0.2) is 6.21 Å². The molecular formula is C14H14ClN. The van der Waals surface area contributed by atoms with E-state index in [4.69, 9.17) is 11.6 Å². The van der Waals surface area contributed by atoms with Crippen LogP contribution in [0.5, 0.6) is 0 Å². The molecule has 1 aliphatic heterocycles. The van der Waals surface area contributed by atoms with Gasteiger partial charge < -0.3 is 0 Å². The molecule has 3 rings (SSSR count). The zero-order valence-corrected chi connectivity index (χ0v) is 10.1. The number of hydrogen-bond donors (Lipinski definition) is 0. The van der Waals surface area contributed by atoms with E-state index in [1.54, 1.807) is 0 Å². The van der Waals surface area contributed by atoms with Crippen molar-refractivity contribution in [3.05, 3.63) is 40.5 Å². The summed E-state index contributed by atoms with van der Waals surface area (Å²) < 4.78 is 0. The number of hydrogen-bond acceptors (Lipinski definition) is 1. The molecule has 1 saturated carbocycles. The van der Waals surface area contributed by atoms with Crippen LogP contribution < -0.4 is 0 Å². The average molecular weight is 232 g/mol. The highest BCUT2D eigenvalue weighted by atomic mass is 35.5. The van der Waals surface area contributed by atoms with Gasteiger partial charge in [-0.3, -0.25) is 4.99 Å². The van der Waals surface area contributed by atoms with Crippen LogP contribution in [-0.2, 0) is 5.41 Å². The Balaban J connectivity index is 2.03. The van der Waals surface area contributed by atoms with Crippen molar-refractivity contribution in [3.8, 4) is 0 Å². The van der Waals surface area contributed by atoms with E-state index in [1.807, 2.05) is 18.5 Å². The van der Waals surface area contributed by atoms with E-state index < -0.39 is 0 Å². The van der Waals surface area contributed by atoms with Crippen molar-refractivity contribution in [1.82, 2.24) is 0 Å². The molecule has 0 saturated heterocycles. The molecule has 1 aliphatic carbocycles. The first kappa shape index (κ1) is 10.1. The summed E-state index contributed by atoms with van der Waals surface area (Å²) in [7, 11) is 0. The van der Waals surface area contributed by atoms with Gasteiger partial charge in [0.15, 0.2) is 0 Å². The molecule has 1 aromatic rings. The zero-order valence-electron chi connectivity index (χ0n) is 9.33. The first-order valence-electron chi connectivity index (χ1n) is 5.70. The number of rotatable bonds is 2. The molecule has 2 heteroatoms. The highest BCUT2D eigenvalue weighted by Crippen LogP contribution is 2.48. The van der Waals surface area contributed by atoms with E-state index in [9.17, 15) is 0 Å². The monoisotopic (exact) mass is 231 g/mol. The predicted octanol–water partition coefficient (Wildman–Crippen LogP) is 4.21. The lowest BCUT2D eigenvalue weighted by Crippen LogP contribution is -2.00. The van der Waals surface area contributed by atoms with E-state index >= 15 is 0 Å². The fraction of sp³-hybridized carbons (Fsp3) is 0.357. The van der Waals surface area contributed by atoms with Gasteiger partial charge in [0.05, 0.1) is 0 Å². The van der Waals surface area contributed by atoms with Crippen molar-refractivity contribution in [2.24, 2.45) is 4.99 Å². The quantitative estimate of drug-likeness (QED) is 0.723. The summed E-state index contributed by atoms with van der Waals surface area (Å²) in [6, 6.07) is 6.42. The van der Waals surface area contributed by atoms with Gasteiger partial charge in [-0.1, -0.05) is 24.6 Å². The molecule has 1 nitrogen and oxygen atoms in total. The fourth-order valence-corrected chi connectivity index (χ4v) is 2.37. The van der Waals surface area contributed by atoms with Crippen LogP contribution in [0, 0.1) is 0 Å². The Morgan fingerprint density at radius 2 is 2.06 bits per heavy atom. The first-order chi connectivity index (χ1) is 7.67. The van der Waals surface area contributed by atoms with Crippen molar-refractivity contribution in [2.45, 2.75) is 31.6 Å². The molecule has 1 aromatic carbocycles. The van der Waals surface area contributed by atoms with Crippen LogP contribution >= 0.6 is 11.6 Å². The molecule has 0 radical (unpaired) electrons. The number of aliphatic imine (C=N–C) groups is 1. The Morgan fingerprint density at radius 3 is 2.69 bits per heavy atom. The summed E-state index contributed by atoms with van der Waals surface area (Å²) in [6.45, 7) is 2.31. The number of allylic oxidation sites excluding steroid dienone is 1. The zero-order chi connectivity index (χ0) is 11.2. The highest BCUT2D eigenvalue weighted by molar-refractivity contribution is 6.30. The highest BCUT2D eigenvalue weighted by Gasteiger charge is 2.39. The van der Waals surface area contributed by atoms with Crippen molar-refractivity contribution >= 4 is 23.4 Å². The van der Waals surface area contributed by atoms with Gasteiger partial charge in [0.1, 0.15) is 0 Å². The molecule has 0 N–H and O–H groups in total. The van der Waals surface area contributed by atoms with Crippen LogP contribution in [0.15, 0.2) is 29.4 Å². The van der Waals surface area contributed by atoms with E-state index in [1.165, 1.54) is 29.5 Å². The van der Waals surface area contributed by atoms with Crippen LogP contribution in [0.3, 0.4) is 0 Å². The van der Waals surface area contributed by atoms with Gasteiger partial charge in [0, 0.05) is 23.9 Å². The second-order valence-electron chi connectivity index (χ2n) is 4.98. The molecule has 1 heterocycles. The minimum Gasteiger partial charge on any atom is -0.268 e. The SMILES string of the molecule is CC1(c2cc(Cl)cc(C3=CN=CC3)c2)CC1. The van der Waals surface area contributed by atoms with Crippen molar-refractivity contribution in [2.75, 3.05) is 0 Å². The summed E-state index contributed by atoms with van der Waals surface area (Å²) in [6.07, 6.45) is 7.36. The van der Waals surface area contributed by atoms with Crippen LogP contribution in [0.2, 0.25) is 5.02 Å². The molecule has 0 amide bonds. The Hall–Kier alpha value is -1.08. The lowest BCUT2D eigenvalue weighted by atomic mass is 9.94. The van der Waals surface area contributed by atoms with Crippen LogP contribution in [0.25, 0.3) is 5.57 Å². The summed E-state index contributed by atoms with van der Waals surface area (Å²) in [5.74, 6) is 0. The van der Waals surface area contributed by atoms with Gasteiger partial charge in [0.25, 0.3) is 0 Å². The smallest absolute Gasteiger partial charge is 0.0415 e. The number of halogens is 1. The molecule has 16 heavy (non-hydrogen) atoms. The maximum Gasteiger partial charge on any atom is 0.0415 e. The maximum atomic E-state index is 6.19. The van der Waals surface area contributed by atoms with E-state index in [2.05, 4.69) is 24.0 Å². The van der Waals surface area contributed by atoms with Gasteiger partial charge in [-0.15, -0.1) is 0 Å². The number of benzene rings is 1. The lowest BCUT2D eigenvalue weighted by Gasteiger charge is -2.12. The maximum absolute atomic E-state index is 6.19. The van der Waals surface area contributed by atoms with Gasteiger partial charge in [-0.05, 0) is 47.1 Å². The Labute approximate surface area is 101 Å². The molecule has 0 bridgehead atoms. The summed E-state index contributed by atoms with van der Waals surface area (Å²) in [4.78, 5) is 4.15. The van der Waals surface area contributed by atoms with Crippen LogP contribution in [0.4, 0.5) is 0 Å². The minimum absolute atomic E-state index is 0.375. The second-order valence-corrected chi connectivity index (χ2v) is 5.42. The predicted molar refractivity (Wildman–Crippen MR) is 69.1 cm³/mol. The fourth-order valence-electron chi connectivity index (χ4n) is 2.14. The van der Waals surface area contributed by atoms with Crippen LogP contribution in [0.1, 0.15) is 37.3 Å². The third kappa shape index (κ3) is 1.69. The third-order valence-electron chi connectivity index (χ3n) is 3.61. The van der Waals surface area contributed by atoms with Gasteiger partial charge in [-0.2, -0.15) is 0 Å². The molecule has 82 valence electrons. The Kier molecular flexibility index (Phi) is 2.18. The summed E-state index contributed by atoms with van der Waals surface area (Å²) in [5.41, 5.74) is 4.25. The van der Waals surface area contributed by atoms with E-state index in [0.717, 1.165) is 11.4 Å². The molecule has 0 aromatic heterocycles. The van der Waals surface area contributed by atoms with Gasteiger partial charge in [-0.25, -0.2) is 0 Å². The third-order valence-corrected chi connectivity index (χ3v) is 3.83. The largest absolute Gasteiger partial charge is 0.268 e. The summed E-state index contributed by atoms with van der Waals surface area (Å²) >= 11 is 6.19. The molecule has 1 fully saturated rings. The molecule has 0 spiro atoms. The second kappa shape index (κ2) is 3.46. The molecule has 0 atom stereocenters. The van der Waals surface area contributed by atoms with Crippen molar-refractivity contribution in [3.63, 3.8) is 0 Å². The van der Waals surface area contributed by atoms with E-state index in [-0.39, 0.29) is 0 Å². The Morgan fingerprint density at radius 1 is 1.25 bits per heavy atom. The topological polar surface area (TPSA) is 12.4 Å². The van der Waals surface area contributed by atoms with Crippen molar-refractivity contribution < 1.29 is 0 Å². The molecule has 0 unspecified atom stereocenters. The minimum atomic E-state index is 0.375. The average Bonchev–Trinajstić information content (AvgIpc) is 2.83. The lowest BCUT2D eigenvalue weighted by molar-refractivity contribution is 0.787.